The lowest BCUT2D eigenvalue weighted by Gasteiger charge is -2.43. The quantitative estimate of drug-likeness (QED) is 0.413. The van der Waals surface area contributed by atoms with Gasteiger partial charge in [-0.1, -0.05) is 41.9 Å². The highest BCUT2D eigenvalue weighted by Crippen LogP contribution is 2.29. The van der Waals surface area contributed by atoms with E-state index in [-0.39, 0.29) is 36.9 Å². The normalized spacial score (nSPS) is 20.7. The first-order valence-electron chi connectivity index (χ1n) is 17.3. The molecule has 0 radical (unpaired) electrons. The summed E-state index contributed by atoms with van der Waals surface area (Å²) in [5.41, 5.74) is 3.89. The lowest BCUT2D eigenvalue weighted by molar-refractivity contribution is -0.143. The number of urea groups is 1. The number of hydrogen-bond donors (Lipinski definition) is 2. The molecule has 4 aliphatic rings. The predicted octanol–water partition coefficient (Wildman–Crippen LogP) is 3.93. The fraction of sp³-hybridized carbons (Fsp3) is 0.556. The second kappa shape index (κ2) is 15.3. The Labute approximate surface area is 287 Å². The zero-order chi connectivity index (χ0) is 33.8. The van der Waals surface area contributed by atoms with E-state index in [4.69, 9.17) is 16.7 Å². The summed E-state index contributed by atoms with van der Waals surface area (Å²) in [5.74, 6) is -1.25. The van der Waals surface area contributed by atoms with Crippen molar-refractivity contribution in [3.8, 4) is 0 Å². The van der Waals surface area contributed by atoms with E-state index in [1.807, 2.05) is 69.0 Å². The molecule has 48 heavy (non-hydrogen) atoms. The highest BCUT2D eigenvalue weighted by atomic mass is 35.5. The van der Waals surface area contributed by atoms with Crippen molar-refractivity contribution in [2.75, 3.05) is 64.2 Å². The number of carboxylic acid groups (broad SMARTS) is 1. The Morgan fingerprint density at radius 2 is 1.56 bits per heavy atom. The van der Waals surface area contributed by atoms with Gasteiger partial charge >= 0.3 is 12.0 Å². The average molecular weight is 679 g/mol. The maximum Gasteiger partial charge on any atom is 0.322 e. The summed E-state index contributed by atoms with van der Waals surface area (Å²) in [6.45, 7) is 8.17. The van der Waals surface area contributed by atoms with Gasteiger partial charge in [0.1, 0.15) is 0 Å². The standard InChI is InChI=1S/C36H47ClN6O5/c1-25-20-26(6-7-31(25)37)21-28(35(47)42-14-8-29(9-15-42)40-18-16-39(17-19-40)24-34(45)46)22-33(44)41-12-10-30(11-13-41)43-23-27-4-2-3-5-32(27)38-36(43)48/h2-7,20,28-30H,8-19,21-24H2,1H3,(H,38,48)(H,45,46). The van der Waals surface area contributed by atoms with Crippen molar-refractivity contribution in [1.29, 1.82) is 0 Å². The van der Waals surface area contributed by atoms with Crippen LogP contribution in [-0.4, -0.2) is 124 Å². The molecule has 0 bridgehead atoms. The molecule has 0 aliphatic carbocycles. The summed E-state index contributed by atoms with van der Waals surface area (Å²) < 4.78 is 0. The number of nitrogens with zero attached hydrogens (tertiary/aromatic N) is 5. The molecule has 12 heteroatoms. The highest BCUT2D eigenvalue weighted by molar-refractivity contribution is 6.31. The third-order valence-electron chi connectivity index (χ3n) is 10.7. The molecule has 1 unspecified atom stereocenters. The molecule has 11 nitrogen and oxygen atoms in total. The SMILES string of the molecule is Cc1cc(CC(CC(=O)N2CCC(N3Cc4ccccc4NC3=O)CC2)C(=O)N2CCC(N3CCN(CC(=O)O)CC3)CC2)ccc1Cl. The van der Waals surface area contributed by atoms with Gasteiger partial charge in [0.15, 0.2) is 0 Å². The van der Waals surface area contributed by atoms with Gasteiger partial charge < -0.3 is 25.1 Å². The summed E-state index contributed by atoms with van der Waals surface area (Å²) in [6, 6.07) is 14.0. The molecule has 2 aromatic rings. The number of halogens is 1. The number of piperidine rings is 2. The minimum Gasteiger partial charge on any atom is -0.480 e. The summed E-state index contributed by atoms with van der Waals surface area (Å²) in [6.07, 6.45) is 3.76. The Kier molecular flexibility index (Phi) is 10.9. The van der Waals surface area contributed by atoms with E-state index in [9.17, 15) is 19.2 Å². The van der Waals surface area contributed by atoms with E-state index in [0.29, 0.717) is 63.1 Å². The van der Waals surface area contributed by atoms with Crippen molar-refractivity contribution in [3.63, 3.8) is 0 Å². The van der Waals surface area contributed by atoms with Gasteiger partial charge in [-0.05, 0) is 67.9 Å². The number of anilines is 1. The molecule has 4 heterocycles. The van der Waals surface area contributed by atoms with Crippen molar-refractivity contribution < 1.29 is 24.3 Å². The van der Waals surface area contributed by atoms with Crippen LogP contribution in [0.2, 0.25) is 5.02 Å². The lowest BCUT2D eigenvalue weighted by Crippen LogP contribution is -2.55. The largest absolute Gasteiger partial charge is 0.480 e. The van der Waals surface area contributed by atoms with E-state index in [1.54, 1.807) is 0 Å². The first-order chi connectivity index (χ1) is 23.1. The van der Waals surface area contributed by atoms with Crippen molar-refractivity contribution in [2.24, 2.45) is 5.92 Å². The van der Waals surface area contributed by atoms with Crippen LogP contribution in [0.3, 0.4) is 0 Å². The molecule has 2 aromatic carbocycles. The number of carbonyl (C=O) groups excluding carboxylic acids is 3. The minimum absolute atomic E-state index is 0.0138. The zero-order valence-electron chi connectivity index (χ0n) is 27.8. The fourth-order valence-electron chi connectivity index (χ4n) is 7.84. The second-order valence-electron chi connectivity index (χ2n) is 13.8. The first kappa shape index (κ1) is 34.2. The Balaban J connectivity index is 1.05. The number of nitrogens with one attached hydrogen (secondary N) is 1. The summed E-state index contributed by atoms with van der Waals surface area (Å²) in [7, 11) is 0. The number of fused-ring (bicyclic) bond motifs is 1. The molecular weight excluding hydrogens is 632 g/mol. The number of carbonyl (C=O) groups is 4. The third kappa shape index (κ3) is 8.13. The summed E-state index contributed by atoms with van der Waals surface area (Å²) >= 11 is 6.30. The molecule has 4 amide bonds. The number of rotatable bonds is 9. The molecule has 3 fully saturated rings. The number of carboxylic acids is 1. The van der Waals surface area contributed by atoms with Crippen LogP contribution in [0.25, 0.3) is 0 Å². The number of hydrogen-bond acceptors (Lipinski definition) is 6. The lowest BCUT2D eigenvalue weighted by atomic mass is 9.91. The minimum atomic E-state index is -0.792. The van der Waals surface area contributed by atoms with Crippen LogP contribution in [0.5, 0.6) is 0 Å². The topological polar surface area (TPSA) is 117 Å². The Hall–Kier alpha value is -3.67. The van der Waals surface area contributed by atoms with E-state index in [2.05, 4.69) is 10.2 Å². The Morgan fingerprint density at radius 1 is 0.896 bits per heavy atom. The van der Waals surface area contributed by atoms with Crippen LogP contribution in [0, 0.1) is 12.8 Å². The van der Waals surface area contributed by atoms with E-state index < -0.39 is 11.9 Å². The smallest absolute Gasteiger partial charge is 0.322 e. The first-order valence-corrected chi connectivity index (χ1v) is 17.7. The van der Waals surface area contributed by atoms with Gasteiger partial charge in [-0.15, -0.1) is 0 Å². The van der Waals surface area contributed by atoms with Crippen LogP contribution in [0.15, 0.2) is 42.5 Å². The van der Waals surface area contributed by atoms with Crippen LogP contribution in [0.1, 0.15) is 48.8 Å². The molecule has 1 atom stereocenters. The van der Waals surface area contributed by atoms with Crippen molar-refractivity contribution in [1.82, 2.24) is 24.5 Å². The van der Waals surface area contributed by atoms with Gasteiger partial charge in [-0.2, -0.15) is 0 Å². The van der Waals surface area contributed by atoms with Crippen LogP contribution in [0.4, 0.5) is 10.5 Å². The third-order valence-corrected chi connectivity index (χ3v) is 11.1. The number of likely N-dealkylation sites (tertiary alicyclic amines) is 2. The molecule has 2 N–H and O–H groups in total. The predicted molar refractivity (Wildman–Crippen MR) is 184 cm³/mol. The highest BCUT2D eigenvalue weighted by Gasteiger charge is 2.36. The second-order valence-corrected chi connectivity index (χ2v) is 14.2. The number of amides is 4. The maximum atomic E-state index is 14.1. The van der Waals surface area contributed by atoms with Crippen LogP contribution >= 0.6 is 11.6 Å². The fourth-order valence-corrected chi connectivity index (χ4v) is 7.95. The molecule has 3 saturated heterocycles. The van der Waals surface area contributed by atoms with Gasteiger partial charge in [0.2, 0.25) is 11.8 Å². The number of benzene rings is 2. The summed E-state index contributed by atoms with van der Waals surface area (Å²) in [4.78, 5) is 61.9. The van der Waals surface area contributed by atoms with Crippen molar-refractivity contribution in [3.05, 3.63) is 64.2 Å². The van der Waals surface area contributed by atoms with Crippen molar-refractivity contribution >= 4 is 41.1 Å². The van der Waals surface area contributed by atoms with Gasteiger partial charge in [0.05, 0.1) is 12.5 Å². The van der Waals surface area contributed by atoms with E-state index >= 15 is 0 Å². The molecule has 4 aliphatic heterocycles. The zero-order valence-corrected chi connectivity index (χ0v) is 28.5. The number of piperazine rings is 1. The van der Waals surface area contributed by atoms with Gasteiger partial charge in [0.25, 0.3) is 0 Å². The number of para-hydroxylation sites is 1. The van der Waals surface area contributed by atoms with Crippen molar-refractivity contribution in [2.45, 2.75) is 64.1 Å². The number of aliphatic carboxylic acids is 1. The Morgan fingerprint density at radius 3 is 2.25 bits per heavy atom. The molecular formula is C36H47ClN6O5. The average Bonchev–Trinajstić information content (AvgIpc) is 3.09. The molecule has 0 saturated carbocycles. The van der Waals surface area contributed by atoms with E-state index in [1.165, 1.54) is 0 Å². The van der Waals surface area contributed by atoms with Gasteiger partial charge in [-0.3, -0.25) is 24.2 Å². The van der Waals surface area contributed by atoms with Crippen LogP contribution in [-0.2, 0) is 27.3 Å². The maximum absolute atomic E-state index is 14.1. The Bertz CT molecular complexity index is 1500. The summed E-state index contributed by atoms with van der Waals surface area (Å²) in [5, 5.41) is 12.8. The molecule has 258 valence electrons. The molecule has 0 spiro atoms. The molecule has 0 aromatic heterocycles. The van der Waals surface area contributed by atoms with Gasteiger partial charge in [-0.25, -0.2) is 4.79 Å². The van der Waals surface area contributed by atoms with Gasteiger partial charge in [0, 0.05) is 88.1 Å². The van der Waals surface area contributed by atoms with E-state index in [0.717, 1.165) is 61.4 Å². The van der Waals surface area contributed by atoms with Crippen LogP contribution < -0.4 is 5.32 Å². The number of aryl methyl sites for hydroxylation is 1. The molecule has 6 rings (SSSR count). The monoisotopic (exact) mass is 678 g/mol.